The number of nitrogens with one attached hydrogen (secondary N) is 1. The van der Waals surface area contributed by atoms with Gasteiger partial charge >= 0.3 is 0 Å². The molecule has 0 amide bonds. The van der Waals surface area contributed by atoms with E-state index in [0.717, 1.165) is 37.6 Å². The molecule has 4 heteroatoms. The number of aromatic amines is 1. The molecule has 0 bridgehead atoms. The maximum atomic E-state index is 5.02. The first-order valence-electron chi connectivity index (χ1n) is 10.2. The van der Waals surface area contributed by atoms with Crippen LogP contribution in [0, 0.1) is 0 Å². The second-order valence-corrected chi connectivity index (χ2v) is 8.03. The summed E-state index contributed by atoms with van der Waals surface area (Å²) in [6.07, 6.45) is 7.24. The van der Waals surface area contributed by atoms with Gasteiger partial charge in [0.05, 0.1) is 11.0 Å². The molecule has 0 radical (unpaired) electrons. The second kappa shape index (κ2) is 5.96. The van der Waals surface area contributed by atoms with Gasteiger partial charge in [0.15, 0.2) is 0 Å². The molecular formula is C23H24N4. The van der Waals surface area contributed by atoms with E-state index < -0.39 is 0 Å². The van der Waals surface area contributed by atoms with Gasteiger partial charge in [0, 0.05) is 43.8 Å². The Morgan fingerprint density at radius 2 is 1.81 bits per heavy atom. The Labute approximate surface area is 158 Å². The lowest BCUT2D eigenvalue weighted by atomic mass is 9.91. The summed E-state index contributed by atoms with van der Waals surface area (Å²) in [5.74, 6) is 1.25. The van der Waals surface area contributed by atoms with Gasteiger partial charge in [-0.15, -0.1) is 0 Å². The largest absolute Gasteiger partial charge is 0.361 e. The molecule has 2 aliphatic rings. The van der Waals surface area contributed by atoms with Crippen LogP contribution in [0.5, 0.6) is 0 Å². The summed E-state index contributed by atoms with van der Waals surface area (Å²) >= 11 is 0. The Bertz CT molecular complexity index is 1130. The minimum absolute atomic E-state index is 0.829. The quantitative estimate of drug-likeness (QED) is 0.570. The van der Waals surface area contributed by atoms with Crippen LogP contribution in [0.4, 0.5) is 0 Å². The van der Waals surface area contributed by atoms with Crippen molar-refractivity contribution in [1.82, 2.24) is 19.4 Å². The number of rotatable bonds is 2. The standard InChI is InChI=1S/C23H24N4/c1-2-19(3-1)26-11-9-23-25-21-15-17(5-7-22(21)27(23)13-12-26)16-4-6-20-18(14-16)8-10-24-20/h4-8,10,14-15,19,24H,1-3,9,11-13H2. The molecule has 1 N–H and O–H groups in total. The smallest absolute Gasteiger partial charge is 0.111 e. The summed E-state index contributed by atoms with van der Waals surface area (Å²) < 4.78 is 2.45. The molecule has 1 saturated carbocycles. The topological polar surface area (TPSA) is 36.9 Å². The molecule has 4 aromatic rings. The molecule has 0 unspecified atom stereocenters. The van der Waals surface area contributed by atoms with E-state index in [2.05, 4.69) is 56.9 Å². The highest BCUT2D eigenvalue weighted by atomic mass is 15.2. The molecular weight excluding hydrogens is 332 g/mol. The Kier molecular flexibility index (Phi) is 3.41. The highest BCUT2D eigenvalue weighted by molar-refractivity contribution is 5.88. The first-order chi connectivity index (χ1) is 13.3. The molecule has 6 rings (SSSR count). The van der Waals surface area contributed by atoms with Crippen molar-refractivity contribution < 1.29 is 0 Å². The van der Waals surface area contributed by atoms with Crippen LogP contribution in [0.25, 0.3) is 33.1 Å². The predicted octanol–water partition coefficient (Wildman–Crippen LogP) is 4.60. The molecule has 1 aliphatic carbocycles. The molecule has 2 aromatic heterocycles. The van der Waals surface area contributed by atoms with Crippen LogP contribution in [-0.2, 0) is 13.0 Å². The zero-order valence-corrected chi connectivity index (χ0v) is 15.5. The van der Waals surface area contributed by atoms with Crippen molar-refractivity contribution in [3.63, 3.8) is 0 Å². The van der Waals surface area contributed by atoms with Gasteiger partial charge in [-0.1, -0.05) is 18.6 Å². The second-order valence-electron chi connectivity index (χ2n) is 8.03. The maximum absolute atomic E-state index is 5.02. The molecule has 1 fully saturated rings. The average Bonchev–Trinajstić information content (AvgIpc) is 3.20. The van der Waals surface area contributed by atoms with Crippen LogP contribution in [0.15, 0.2) is 48.7 Å². The van der Waals surface area contributed by atoms with Gasteiger partial charge in [-0.2, -0.15) is 0 Å². The fraction of sp³-hybridized carbons (Fsp3) is 0.348. The van der Waals surface area contributed by atoms with Crippen LogP contribution in [0.3, 0.4) is 0 Å². The van der Waals surface area contributed by atoms with Crippen molar-refractivity contribution in [3.05, 3.63) is 54.5 Å². The summed E-state index contributed by atoms with van der Waals surface area (Å²) in [6, 6.07) is 16.3. The van der Waals surface area contributed by atoms with Gasteiger partial charge in [0.1, 0.15) is 5.82 Å². The van der Waals surface area contributed by atoms with Crippen molar-refractivity contribution in [2.24, 2.45) is 0 Å². The Balaban J connectivity index is 1.35. The lowest BCUT2D eigenvalue weighted by Gasteiger charge is -2.36. The Morgan fingerprint density at radius 3 is 2.70 bits per heavy atom. The monoisotopic (exact) mass is 356 g/mol. The van der Waals surface area contributed by atoms with Crippen LogP contribution in [0.1, 0.15) is 25.1 Å². The SMILES string of the molecule is c1cc2cc(-c3ccc4c(c3)nc3n4CCN(C4CCC4)CC3)ccc2[nH]1. The van der Waals surface area contributed by atoms with Crippen LogP contribution in [0.2, 0.25) is 0 Å². The van der Waals surface area contributed by atoms with E-state index in [-0.39, 0.29) is 0 Å². The summed E-state index contributed by atoms with van der Waals surface area (Å²) in [5.41, 5.74) is 6.10. The number of hydrogen-bond acceptors (Lipinski definition) is 2. The lowest BCUT2D eigenvalue weighted by Crippen LogP contribution is -2.41. The molecule has 0 spiro atoms. The number of hydrogen-bond donors (Lipinski definition) is 1. The molecule has 2 aromatic carbocycles. The number of nitrogens with zero attached hydrogens (tertiary/aromatic N) is 3. The van der Waals surface area contributed by atoms with E-state index in [0.29, 0.717) is 0 Å². The van der Waals surface area contributed by atoms with Gasteiger partial charge in [0.25, 0.3) is 0 Å². The normalized spacial score (nSPS) is 18.5. The van der Waals surface area contributed by atoms with Gasteiger partial charge in [0.2, 0.25) is 0 Å². The minimum Gasteiger partial charge on any atom is -0.361 e. The number of imidazole rings is 1. The molecule has 3 heterocycles. The van der Waals surface area contributed by atoms with Gasteiger partial charge in [-0.3, -0.25) is 4.90 Å². The first kappa shape index (κ1) is 15.5. The van der Waals surface area contributed by atoms with E-state index in [1.807, 2.05) is 6.20 Å². The molecule has 27 heavy (non-hydrogen) atoms. The van der Waals surface area contributed by atoms with Crippen molar-refractivity contribution in [3.8, 4) is 11.1 Å². The van der Waals surface area contributed by atoms with E-state index in [9.17, 15) is 0 Å². The van der Waals surface area contributed by atoms with Gasteiger partial charge in [-0.05, 0) is 59.7 Å². The van der Waals surface area contributed by atoms with E-state index in [1.54, 1.807) is 0 Å². The average molecular weight is 356 g/mol. The van der Waals surface area contributed by atoms with Crippen molar-refractivity contribution in [2.45, 2.75) is 38.3 Å². The fourth-order valence-corrected chi connectivity index (χ4v) is 4.73. The highest BCUT2D eigenvalue weighted by Gasteiger charge is 2.27. The fourth-order valence-electron chi connectivity index (χ4n) is 4.73. The van der Waals surface area contributed by atoms with E-state index >= 15 is 0 Å². The van der Waals surface area contributed by atoms with Crippen molar-refractivity contribution in [2.75, 3.05) is 13.1 Å². The summed E-state index contributed by atoms with van der Waals surface area (Å²) in [6.45, 7) is 3.39. The summed E-state index contributed by atoms with van der Waals surface area (Å²) in [5, 5.41) is 1.25. The molecule has 1 aliphatic heterocycles. The molecule has 0 saturated heterocycles. The zero-order valence-electron chi connectivity index (χ0n) is 15.5. The molecule has 0 atom stereocenters. The van der Waals surface area contributed by atoms with Crippen LogP contribution >= 0.6 is 0 Å². The van der Waals surface area contributed by atoms with Crippen molar-refractivity contribution in [1.29, 1.82) is 0 Å². The molecule has 4 nitrogen and oxygen atoms in total. The lowest BCUT2D eigenvalue weighted by molar-refractivity contribution is 0.130. The van der Waals surface area contributed by atoms with Gasteiger partial charge in [-0.25, -0.2) is 4.98 Å². The zero-order chi connectivity index (χ0) is 17.8. The number of benzene rings is 2. The first-order valence-corrected chi connectivity index (χ1v) is 10.2. The minimum atomic E-state index is 0.829. The van der Waals surface area contributed by atoms with Gasteiger partial charge < -0.3 is 9.55 Å². The predicted molar refractivity (Wildman–Crippen MR) is 110 cm³/mol. The number of aromatic nitrogens is 3. The molecule has 136 valence electrons. The van der Waals surface area contributed by atoms with Crippen LogP contribution < -0.4 is 0 Å². The Morgan fingerprint density at radius 1 is 0.926 bits per heavy atom. The van der Waals surface area contributed by atoms with Crippen LogP contribution in [-0.4, -0.2) is 38.6 Å². The third-order valence-corrected chi connectivity index (χ3v) is 6.54. The third-order valence-electron chi connectivity index (χ3n) is 6.54. The number of fused-ring (bicyclic) bond motifs is 4. The third kappa shape index (κ3) is 2.51. The number of H-pyrrole nitrogens is 1. The van der Waals surface area contributed by atoms with Crippen molar-refractivity contribution >= 4 is 21.9 Å². The highest BCUT2D eigenvalue weighted by Crippen LogP contribution is 2.30. The van der Waals surface area contributed by atoms with E-state index in [4.69, 9.17) is 4.98 Å². The Hall–Kier alpha value is -2.59. The maximum Gasteiger partial charge on any atom is 0.111 e. The summed E-state index contributed by atoms with van der Waals surface area (Å²) in [7, 11) is 0. The summed E-state index contributed by atoms with van der Waals surface area (Å²) in [4.78, 5) is 11.0. The van der Waals surface area contributed by atoms with E-state index in [1.165, 1.54) is 52.6 Å².